The number of nitrogens with two attached hydrogens (primary N) is 1. The van der Waals surface area contributed by atoms with Crippen molar-refractivity contribution in [2.24, 2.45) is 11.1 Å². The van der Waals surface area contributed by atoms with Crippen molar-refractivity contribution in [2.75, 3.05) is 6.54 Å². The van der Waals surface area contributed by atoms with Crippen molar-refractivity contribution in [1.29, 1.82) is 0 Å². The number of halogens is 1. The van der Waals surface area contributed by atoms with Gasteiger partial charge in [0.05, 0.1) is 5.69 Å². The maximum atomic E-state index is 5.72. The minimum absolute atomic E-state index is 0.372. The highest BCUT2D eigenvalue weighted by atomic mass is 79.9. The van der Waals surface area contributed by atoms with Gasteiger partial charge < -0.3 is 5.73 Å². The zero-order chi connectivity index (χ0) is 9.31. The van der Waals surface area contributed by atoms with Gasteiger partial charge in [-0.3, -0.25) is 4.98 Å². The van der Waals surface area contributed by atoms with E-state index in [0.717, 1.165) is 23.1 Å². The molecule has 0 radical (unpaired) electrons. The summed E-state index contributed by atoms with van der Waals surface area (Å²) in [7, 11) is 0. The highest BCUT2D eigenvalue weighted by Gasteiger charge is 2.41. The average Bonchev–Trinajstić information content (AvgIpc) is 2.90. The molecule has 2 rings (SSSR count). The average molecular weight is 241 g/mol. The third-order valence-corrected chi connectivity index (χ3v) is 3.49. The van der Waals surface area contributed by atoms with Crippen LogP contribution in [0.1, 0.15) is 18.5 Å². The summed E-state index contributed by atoms with van der Waals surface area (Å²) >= 11 is 3.50. The summed E-state index contributed by atoms with van der Waals surface area (Å²) in [5.74, 6) is 0. The first kappa shape index (κ1) is 9.16. The van der Waals surface area contributed by atoms with Crippen molar-refractivity contribution in [3.8, 4) is 0 Å². The molecule has 0 bridgehead atoms. The molecule has 0 aromatic carbocycles. The largest absolute Gasteiger partial charge is 0.330 e. The quantitative estimate of drug-likeness (QED) is 0.880. The molecule has 1 aliphatic carbocycles. The SMILES string of the molecule is NCC1(Cc2ncccc2Br)CC1. The van der Waals surface area contributed by atoms with Gasteiger partial charge in [-0.05, 0) is 59.3 Å². The van der Waals surface area contributed by atoms with Crippen LogP contribution < -0.4 is 5.73 Å². The van der Waals surface area contributed by atoms with Crippen LogP contribution in [0, 0.1) is 5.41 Å². The summed E-state index contributed by atoms with van der Waals surface area (Å²) < 4.78 is 1.11. The van der Waals surface area contributed by atoms with E-state index in [9.17, 15) is 0 Å². The van der Waals surface area contributed by atoms with Crippen molar-refractivity contribution in [1.82, 2.24) is 4.98 Å². The number of hydrogen-bond acceptors (Lipinski definition) is 2. The highest BCUT2D eigenvalue weighted by molar-refractivity contribution is 9.10. The van der Waals surface area contributed by atoms with Crippen molar-refractivity contribution >= 4 is 15.9 Å². The van der Waals surface area contributed by atoms with E-state index in [1.807, 2.05) is 18.3 Å². The molecule has 3 heteroatoms. The van der Waals surface area contributed by atoms with Crippen LogP contribution in [0.25, 0.3) is 0 Å². The lowest BCUT2D eigenvalue weighted by Crippen LogP contribution is -2.18. The molecule has 2 nitrogen and oxygen atoms in total. The lowest BCUT2D eigenvalue weighted by Gasteiger charge is -2.11. The Hall–Kier alpha value is -0.410. The molecule has 0 amide bonds. The lowest BCUT2D eigenvalue weighted by atomic mass is 10.0. The molecule has 1 fully saturated rings. The van der Waals surface area contributed by atoms with E-state index in [1.54, 1.807) is 0 Å². The van der Waals surface area contributed by atoms with Crippen LogP contribution in [0.3, 0.4) is 0 Å². The Labute approximate surface area is 86.7 Å². The van der Waals surface area contributed by atoms with E-state index in [2.05, 4.69) is 20.9 Å². The van der Waals surface area contributed by atoms with Gasteiger partial charge in [0.2, 0.25) is 0 Å². The summed E-state index contributed by atoms with van der Waals surface area (Å²) in [5, 5.41) is 0. The predicted molar refractivity (Wildman–Crippen MR) is 56.4 cm³/mol. The van der Waals surface area contributed by atoms with Crippen LogP contribution in [0.15, 0.2) is 22.8 Å². The van der Waals surface area contributed by atoms with Crippen molar-refractivity contribution in [3.63, 3.8) is 0 Å². The maximum Gasteiger partial charge on any atom is 0.0551 e. The summed E-state index contributed by atoms with van der Waals surface area (Å²) in [6.45, 7) is 0.788. The molecule has 0 unspecified atom stereocenters. The second-order valence-corrected chi connectivity index (χ2v) is 4.67. The highest BCUT2D eigenvalue weighted by Crippen LogP contribution is 2.47. The molecule has 1 aromatic heterocycles. The lowest BCUT2D eigenvalue weighted by molar-refractivity contribution is 0.513. The van der Waals surface area contributed by atoms with Crippen molar-refractivity contribution in [2.45, 2.75) is 19.3 Å². The van der Waals surface area contributed by atoms with E-state index < -0.39 is 0 Å². The summed E-state index contributed by atoms with van der Waals surface area (Å²) in [4.78, 5) is 4.35. The Kier molecular flexibility index (Phi) is 2.39. The summed E-state index contributed by atoms with van der Waals surface area (Å²) in [5.41, 5.74) is 7.24. The van der Waals surface area contributed by atoms with Gasteiger partial charge in [-0.2, -0.15) is 0 Å². The fraction of sp³-hybridized carbons (Fsp3) is 0.500. The number of pyridine rings is 1. The second kappa shape index (κ2) is 3.39. The molecule has 0 spiro atoms. The molecule has 1 heterocycles. The van der Waals surface area contributed by atoms with Gasteiger partial charge in [0.1, 0.15) is 0 Å². The van der Waals surface area contributed by atoms with Gasteiger partial charge in [0.25, 0.3) is 0 Å². The Bertz CT molecular complexity index is 308. The first-order valence-electron chi connectivity index (χ1n) is 4.55. The molecule has 0 atom stereocenters. The molecule has 1 aliphatic rings. The predicted octanol–water partition coefficient (Wildman–Crippen LogP) is 2.13. The van der Waals surface area contributed by atoms with Crippen LogP contribution in [0.5, 0.6) is 0 Å². The molecule has 70 valence electrons. The van der Waals surface area contributed by atoms with Gasteiger partial charge in [-0.15, -0.1) is 0 Å². The first-order valence-corrected chi connectivity index (χ1v) is 5.35. The molecule has 1 aromatic rings. The van der Waals surface area contributed by atoms with Crippen LogP contribution in [-0.4, -0.2) is 11.5 Å². The zero-order valence-electron chi connectivity index (χ0n) is 7.46. The minimum Gasteiger partial charge on any atom is -0.330 e. The zero-order valence-corrected chi connectivity index (χ0v) is 9.05. The van der Waals surface area contributed by atoms with E-state index in [-0.39, 0.29) is 0 Å². The third-order valence-electron chi connectivity index (χ3n) is 2.77. The van der Waals surface area contributed by atoms with Gasteiger partial charge in [0.15, 0.2) is 0 Å². The van der Waals surface area contributed by atoms with E-state index in [1.165, 1.54) is 12.8 Å². The molecule has 0 aliphatic heterocycles. The van der Waals surface area contributed by atoms with Gasteiger partial charge in [0, 0.05) is 10.7 Å². The number of aromatic nitrogens is 1. The smallest absolute Gasteiger partial charge is 0.0551 e. The van der Waals surface area contributed by atoms with Crippen molar-refractivity contribution in [3.05, 3.63) is 28.5 Å². The van der Waals surface area contributed by atoms with E-state index >= 15 is 0 Å². The van der Waals surface area contributed by atoms with Crippen LogP contribution in [-0.2, 0) is 6.42 Å². The monoisotopic (exact) mass is 240 g/mol. The molecule has 0 saturated heterocycles. The Morgan fingerprint density at radius 2 is 2.31 bits per heavy atom. The second-order valence-electron chi connectivity index (χ2n) is 3.81. The van der Waals surface area contributed by atoms with Gasteiger partial charge in [-0.1, -0.05) is 0 Å². The normalized spacial score (nSPS) is 18.6. The summed E-state index contributed by atoms with van der Waals surface area (Å²) in [6, 6.07) is 3.98. The van der Waals surface area contributed by atoms with E-state index in [4.69, 9.17) is 5.73 Å². The number of rotatable bonds is 3. The first-order chi connectivity index (χ1) is 6.26. The maximum absolute atomic E-state index is 5.72. The Morgan fingerprint density at radius 1 is 1.54 bits per heavy atom. The summed E-state index contributed by atoms with van der Waals surface area (Å²) in [6.07, 6.45) is 5.37. The third kappa shape index (κ3) is 1.92. The van der Waals surface area contributed by atoms with Gasteiger partial charge in [-0.25, -0.2) is 0 Å². The Morgan fingerprint density at radius 3 is 2.85 bits per heavy atom. The molecule has 2 N–H and O–H groups in total. The standard InChI is InChI=1S/C10H13BrN2/c11-8-2-1-5-13-9(8)6-10(7-12)3-4-10/h1-2,5H,3-4,6-7,12H2. The molecule has 1 saturated carbocycles. The van der Waals surface area contributed by atoms with E-state index in [0.29, 0.717) is 5.41 Å². The fourth-order valence-corrected chi connectivity index (χ4v) is 1.93. The molecule has 13 heavy (non-hydrogen) atoms. The van der Waals surface area contributed by atoms with Crippen LogP contribution >= 0.6 is 15.9 Å². The van der Waals surface area contributed by atoms with Crippen LogP contribution in [0.4, 0.5) is 0 Å². The molecular formula is C10H13BrN2. The minimum atomic E-state index is 0.372. The Balaban J connectivity index is 2.14. The topological polar surface area (TPSA) is 38.9 Å². The number of nitrogens with zero attached hydrogens (tertiary/aromatic N) is 1. The molecular weight excluding hydrogens is 228 g/mol. The van der Waals surface area contributed by atoms with Crippen LogP contribution in [0.2, 0.25) is 0 Å². The van der Waals surface area contributed by atoms with Crippen molar-refractivity contribution < 1.29 is 0 Å². The van der Waals surface area contributed by atoms with Gasteiger partial charge >= 0.3 is 0 Å². The fourth-order valence-electron chi connectivity index (χ4n) is 1.53. The number of hydrogen-bond donors (Lipinski definition) is 1.